The minimum absolute atomic E-state index is 0.257. The van der Waals surface area contributed by atoms with E-state index in [1.807, 2.05) is 42.8 Å². The number of benzene rings is 2. The van der Waals surface area contributed by atoms with Gasteiger partial charge >= 0.3 is 0 Å². The van der Waals surface area contributed by atoms with Gasteiger partial charge in [-0.2, -0.15) is 4.99 Å². The maximum absolute atomic E-state index is 12.3. The van der Waals surface area contributed by atoms with Crippen molar-refractivity contribution in [2.45, 2.75) is 6.92 Å². The highest BCUT2D eigenvalue weighted by atomic mass is 79.9. The van der Waals surface area contributed by atoms with Crippen LogP contribution in [0.4, 0.5) is 0 Å². The van der Waals surface area contributed by atoms with Crippen molar-refractivity contribution >= 4 is 55.0 Å². The zero-order valence-electron chi connectivity index (χ0n) is 11.9. The number of thiazole rings is 1. The van der Waals surface area contributed by atoms with Gasteiger partial charge in [0.05, 0.1) is 10.2 Å². The van der Waals surface area contributed by atoms with Crippen molar-refractivity contribution in [2.75, 3.05) is 0 Å². The fraction of sp³-hybridized carbons (Fsp3) is 0.125. The second-order valence-electron chi connectivity index (χ2n) is 4.94. The summed E-state index contributed by atoms with van der Waals surface area (Å²) in [5.41, 5.74) is 2.68. The van der Waals surface area contributed by atoms with Crippen molar-refractivity contribution in [3.8, 4) is 0 Å². The van der Waals surface area contributed by atoms with E-state index < -0.39 is 0 Å². The molecule has 1 aromatic heterocycles. The molecule has 112 valence electrons. The van der Waals surface area contributed by atoms with Crippen molar-refractivity contribution in [3.63, 3.8) is 0 Å². The third-order valence-corrected chi connectivity index (χ3v) is 5.11. The van der Waals surface area contributed by atoms with E-state index >= 15 is 0 Å². The van der Waals surface area contributed by atoms with Crippen LogP contribution in [-0.4, -0.2) is 10.5 Å². The normalized spacial score (nSPS) is 12.1. The number of aryl methyl sites for hydroxylation is 2. The topological polar surface area (TPSA) is 34.4 Å². The molecule has 3 nitrogen and oxygen atoms in total. The van der Waals surface area contributed by atoms with Gasteiger partial charge in [0.25, 0.3) is 5.91 Å². The lowest BCUT2D eigenvalue weighted by molar-refractivity contribution is 0.0998. The summed E-state index contributed by atoms with van der Waals surface area (Å²) >= 11 is 10.9. The molecule has 6 heteroatoms. The molecular formula is C16H12BrClN2OS. The molecule has 0 radical (unpaired) electrons. The number of amides is 1. The number of halogens is 2. The first-order chi connectivity index (χ1) is 10.5. The van der Waals surface area contributed by atoms with E-state index in [0.717, 1.165) is 20.3 Å². The molecule has 0 N–H and O–H groups in total. The second-order valence-corrected chi connectivity index (χ2v) is 7.30. The number of aromatic nitrogens is 1. The van der Waals surface area contributed by atoms with E-state index in [2.05, 4.69) is 20.9 Å². The summed E-state index contributed by atoms with van der Waals surface area (Å²) in [6.45, 7) is 2.00. The molecule has 22 heavy (non-hydrogen) atoms. The summed E-state index contributed by atoms with van der Waals surface area (Å²) in [5, 5.41) is 0.691. The summed E-state index contributed by atoms with van der Waals surface area (Å²) in [7, 11) is 1.91. The summed E-state index contributed by atoms with van der Waals surface area (Å²) < 4.78 is 3.81. The second kappa shape index (κ2) is 5.99. The number of hydrogen-bond acceptors (Lipinski definition) is 2. The number of hydrogen-bond donors (Lipinski definition) is 0. The Morgan fingerprint density at radius 3 is 2.82 bits per heavy atom. The Balaban J connectivity index is 2.16. The smallest absolute Gasteiger partial charge is 0.279 e. The van der Waals surface area contributed by atoms with Crippen molar-refractivity contribution in [1.82, 2.24) is 4.57 Å². The molecular weight excluding hydrogens is 384 g/mol. The van der Waals surface area contributed by atoms with Gasteiger partial charge in [-0.1, -0.05) is 44.9 Å². The number of nitrogens with zero attached hydrogens (tertiary/aromatic N) is 2. The molecule has 1 heterocycles. The Morgan fingerprint density at radius 1 is 1.32 bits per heavy atom. The third-order valence-electron chi connectivity index (χ3n) is 3.32. The fourth-order valence-corrected chi connectivity index (χ4v) is 4.22. The van der Waals surface area contributed by atoms with Gasteiger partial charge in [0.15, 0.2) is 4.80 Å². The van der Waals surface area contributed by atoms with Gasteiger partial charge in [0.2, 0.25) is 0 Å². The maximum Gasteiger partial charge on any atom is 0.279 e. The highest BCUT2D eigenvalue weighted by Gasteiger charge is 2.10. The average Bonchev–Trinajstić information content (AvgIpc) is 2.75. The van der Waals surface area contributed by atoms with Crippen LogP contribution in [0.3, 0.4) is 0 Å². The van der Waals surface area contributed by atoms with Crippen molar-refractivity contribution in [3.05, 3.63) is 61.8 Å². The molecule has 0 unspecified atom stereocenters. The monoisotopic (exact) mass is 394 g/mol. The predicted molar refractivity (Wildman–Crippen MR) is 94.6 cm³/mol. The van der Waals surface area contributed by atoms with Gasteiger partial charge in [0, 0.05) is 22.1 Å². The van der Waals surface area contributed by atoms with Crippen LogP contribution in [0.5, 0.6) is 0 Å². The van der Waals surface area contributed by atoms with Gasteiger partial charge in [-0.05, 0) is 42.8 Å². The first kappa shape index (κ1) is 15.5. The standard InChI is InChI=1S/C16H12BrClN2OS/c1-9-6-12(18)8-13-14(9)20(2)16(22-13)19-15(21)10-4-3-5-11(17)7-10/h3-8H,1-2H3. The average molecular weight is 396 g/mol. The maximum atomic E-state index is 12.3. The van der Waals surface area contributed by atoms with Crippen LogP contribution >= 0.6 is 38.9 Å². The molecule has 0 aliphatic rings. The quantitative estimate of drug-likeness (QED) is 0.588. The van der Waals surface area contributed by atoms with Crippen LogP contribution in [0, 0.1) is 6.92 Å². The lowest BCUT2D eigenvalue weighted by Crippen LogP contribution is -2.13. The van der Waals surface area contributed by atoms with Gasteiger partial charge in [-0.25, -0.2) is 0 Å². The molecule has 3 rings (SSSR count). The summed E-state index contributed by atoms with van der Waals surface area (Å²) in [4.78, 5) is 17.2. The number of carbonyl (C=O) groups excluding carboxylic acids is 1. The Kier molecular flexibility index (Phi) is 4.21. The third kappa shape index (κ3) is 2.89. The van der Waals surface area contributed by atoms with Gasteiger partial charge in [-0.15, -0.1) is 0 Å². The van der Waals surface area contributed by atoms with Crippen molar-refractivity contribution < 1.29 is 4.79 Å². The molecule has 2 aromatic carbocycles. The first-order valence-corrected chi connectivity index (χ1v) is 8.55. The van der Waals surface area contributed by atoms with Crippen molar-refractivity contribution in [1.29, 1.82) is 0 Å². The van der Waals surface area contributed by atoms with Crippen LogP contribution < -0.4 is 4.80 Å². The number of carbonyl (C=O) groups is 1. The minimum Gasteiger partial charge on any atom is -0.319 e. The zero-order valence-corrected chi connectivity index (χ0v) is 15.1. The molecule has 1 amide bonds. The van der Waals surface area contributed by atoms with Crippen molar-refractivity contribution in [2.24, 2.45) is 12.0 Å². The first-order valence-electron chi connectivity index (χ1n) is 6.56. The van der Waals surface area contributed by atoms with Gasteiger partial charge < -0.3 is 4.57 Å². The van der Waals surface area contributed by atoms with E-state index in [1.165, 1.54) is 11.3 Å². The van der Waals surface area contributed by atoms with E-state index in [-0.39, 0.29) is 5.91 Å². The van der Waals surface area contributed by atoms with Crippen LogP contribution in [0.2, 0.25) is 5.02 Å². The number of fused-ring (bicyclic) bond motifs is 1. The molecule has 0 saturated carbocycles. The lowest BCUT2D eigenvalue weighted by atomic mass is 10.2. The van der Waals surface area contributed by atoms with E-state index in [9.17, 15) is 4.79 Å². The molecule has 0 saturated heterocycles. The van der Waals surface area contributed by atoms with Crippen LogP contribution in [0.25, 0.3) is 10.2 Å². The SMILES string of the molecule is Cc1cc(Cl)cc2sc(=NC(=O)c3cccc(Br)c3)n(C)c12. The summed E-state index contributed by atoms with van der Waals surface area (Å²) in [6, 6.07) is 11.0. The Labute approximate surface area is 145 Å². The Hall–Kier alpha value is -1.43. The van der Waals surface area contributed by atoms with Crippen LogP contribution in [0.15, 0.2) is 45.9 Å². The molecule has 0 aliphatic carbocycles. The van der Waals surface area contributed by atoms with Gasteiger partial charge in [-0.3, -0.25) is 4.79 Å². The van der Waals surface area contributed by atoms with Crippen LogP contribution in [-0.2, 0) is 7.05 Å². The Morgan fingerprint density at radius 2 is 2.09 bits per heavy atom. The summed E-state index contributed by atoms with van der Waals surface area (Å²) in [6.07, 6.45) is 0. The largest absolute Gasteiger partial charge is 0.319 e. The molecule has 0 spiro atoms. The molecule has 0 bridgehead atoms. The fourth-order valence-electron chi connectivity index (χ4n) is 2.35. The van der Waals surface area contributed by atoms with E-state index in [1.54, 1.807) is 12.1 Å². The molecule has 0 aliphatic heterocycles. The molecule has 3 aromatic rings. The lowest BCUT2D eigenvalue weighted by Gasteiger charge is -2.00. The highest BCUT2D eigenvalue weighted by molar-refractivity contribution is 9.10. The summed E-state index contributed by atoms with van der Waals surface area (Å²) in [5.74, 6) is -0.257. The molecule has 0 fully saturated rings. The van der Waals surface area contributed by atoms with Crippen LogP contribution in [0.1, 0.15) is 15.9 Å². The number of rotatable bonds is 1. The Bertz CT molecular complexity index is 958. The zero-order chi connectivity index (χ0) is 15.9. The highest BCUT2D eigenvalue weighted by Crippen LogP contribution is 2.25. The van der Waals surface area contributed by atoms with Gasteiger partial charge in [0.1, 0.15) is 0 Å². The minimum atomic E-state index is -0.257. The molecule has 0 atom stereocenters. The van der Waals surface area contributed by atoms with E-state index in [4.69, 9.17) is 11.6 Å². The van der Waals surface area contributed by atoms with E-state index in [0.29, 0.717) is 15.4 Å². The predicted octanol–water partition coefficient (Wildman–Crippen LogP) is 4.71.